The van der Waals surface area contributed by atoms with E-state index in [0.717, 1.165) is 18.7 Å². The van der Waals surface area contributed by atoms with E-state index in [2.05, 4.69) is 15.0 Å². The van der Waals surface area contributed by atoms with E-state index in [1.54, 1.807) is 6.07 Å². The first-order chi connectivity index (χ1) is 8.30. The van der Waals surface area contributed by atoms with E-state index in [9.17, 15) is 8.42 Å². The summed E-state index contributed by atoms with van der Waals surface area (Å²) in [6.07, 6.45) is 2.27. The van der Waals surface area contributed by atoms with Gasteiger partial charge in [-0.2, -0.15) is 0 Å². The number of aromatic amines is 1. The molecule has 0 aliphatic heterocycles. The smallest absolute Gasteiger partial charge is 0.242 e. The molecule has 0 aromatic carbocycles. The van der Waals surface area contributed by atoms with Gasteiger partial charge in [0.25, 0.3) is 0 Å². The Labute approximate surface area is 109 Å². The van der Waals surface area contributed by atoms with Gasteiger partial charge in [0.2, 0.25) is 10.0 Å². The van der Waals surface area contributed by atoms with Crippen molar-refractivity contribution in [2.75, 3.05) is 6.54 Å². The first-order valence-electron chi connectivity index (χ1n) is 6.22. The van der Waals surface area contributed by atoms with Gasteiger partial charge in [0.15, 0.2) is 0 Å². The Bertz CT molecular complexity index is 477. The molecule has 0 fully saturated rings. The van der Waals surface area contributed by atoms with Gasteiger partial charge in [0.1, 0.15) is 0 Å². The summed E-state index contributed by atoms with van der Waals surface area (Å²) in [4.78, 5) is 3.26. The maximum atomic E-state index is 12.1. The summed E-state index contributed by atoms with van der Waals surface area (Å²) in [5.41, 5.74) is 0.435. The first-order valence-corrected chi connectivity index (χ1v) is 7.71. The highest BCUT2D eigenvalue weighted by atomic mass is 32.2. The second-order valence-electron chi connectivity index (χ2n) is 4.98. The maximum absolute atomic E-state index is 12.1. The van der Waals surface area contributed by atoms with E-state index < -0.39 is 15.6 Å². The lowest BCUT2D eigenvalue weighted by atomic mass is 10.0. The quantitative estimate of drug-likeness (QED) is 0.706. The van der Waals surface area contributed by atoms with E-state index in [-0.39, 0.29) is 4.90 Å². The molecule has 0 atom stereocenters. The van der Waals surface area contributed by atoms with Crippen LogP contribution in [-0.2, 0) is 16.6 Å². The van der Waals surface area contributed by atoms with E-state index in [1.807, 2.05) is 27.7 Å². The summed E-state index contributed by atoms with van der Waals surface area (Å²) in [5, 5.41) is 3.14. The molecule has 3 N–H and O–H groups in total. The molecule has 1 aromatic heterocycles. The van der Waals surface area contributed by atoms with Crippen LogP contribution in [0, 0.1) is 0 Å². The van der Waals surface area contributed by atoms with Gasteiger partial charge in [-0.15, -0.1) is 0 Å². The SMILES string of the molecule is CCNCc1cc(S(=O)(=O)NC(C)(C)CC)c[nH]1. The third kappa shape index (κ3) is 4.12. The van der Waals surface area contributed by atoms with Crippen molar-refractivity contribution in [2.45, 2.75) is 51.1 Å². The number of aromatic nitrogens is 1. The Morgan fingerprint density at radius 1 is 1.33 bits per heavy atom. The molecular formula is C12H23N3O2S. The summed E-state index contributed by atoms with van der Waals surface area (Å²) < 4.78 is 27.0. The van der Waals surface area contributed by atoms with Crippen molar-refractivity contribution in [3.63, 3.8) is 0 Å². The maximum Gasteiger partial charge on any atom is 0.242 e. The summed E-state index contributed by atoms with van der Waals surface area (Å²) in [6.45, 7) is 9.20. The molecule has 0 aliphatic rings. The van der Waals surface area contributed by atoms with Crippen molar-refractivity contribution in [2.24, 2.45) is 0 Å². The lowest BCUT2D eigenvalue weighted by Gasteiger charge is -2.23. The van der Waals surface area contributed by atoms with Crippen molar-refractivity contribution in [1.82, 2.24) is 15.0 Å². The van der Waals surface area contributed by atoms with E-state index in [1.165, 1.54) is 6.20 Å². The molecule has 104 valence electrons. The fourth-order valence-corrected chi connectivity index (χ4v) is 2.93. The molecule has 0 aliphatic carbocycles. The number of nitrogens with one attached hydrogen (secondary N) is 3. The van der Waals surface area contributed by atoms with Gasteiger partial charge in [-0.25, -0.2) is 13.1 Å². The molecule has 18 heavy (non-hydrogen) atoms. The van der Waals surface area contributed by atoms with Crippen LogP contribution < -0.4 is 10.0 Å². The number of sulfonamides is 1. The van der Waals surface area contributed by atoms with E-state index in [4.69, 9.17) is 0 Å². The normalized spacial score (nSPS) is 12.9. The topological polar surface area (TPSA) is 74.0 Å². The zero-order valence-electron chi connectivity index (χ0n) is 11.5. The Hall–Kier alpha value is -0.850. The van der Waals surface area contributed by atoms with Crippen molar-refractivity contribution in [3.8, 4) is 0 Å². The molecule has 1 aromatic rings. The zero-order valence-corrected chi connectivity index (χ0v) is 12.3. The van der Waals surface area contributed by atoms with Crippen LogP contribution in [0.1, 0.15) is 39.8 Å². The number of rotatable bonds is 7. The average molecular weight is 273 g/mol. The second kappa shape index (κ2) is 5.86. The van der Waals surface area contributed by atoms with Crippen molar-refractivity contribution in [1.29, 1.82) is 0 Å². The highest BCUT2D eigenvalue weighted by Gasteiger charge is 2.25. The Kier molecular flexibility index (Phi) is 4.95. The fourth-order valence-electron chi connectivity index (χ4n) is 1.43. The lowest BCUT2D eigenvalue weighted by molar-refractivity contribution is 0.439. The third-order valence-electron chi connectivity index (χ3n) is 2.89. The molecule has 1 rings (SSSR count). The second-order valence-corrected chi connectivity index (χ2v) is 6.67. The minimum absolute atomic E-state index is 0.289. The Balaban J connectivity index is 2.82. The van der Waals surface area contributed by atoms with Crippen molar-refractivity contribution in [3.05, 3.63) is 18.0 Å². The van der Waals surface area contributed by atoms with Crippen LogP contribution in [0.2, 0.25) is 0 Å². The van der Waals surface area contributed by atoms with Crippen LogP contribution in [0.3, 0.4) is 0 Å². The molecular weight excluding hydrogens is 250 g/mol. The largest absolute Gasteiger partial charge is 0.363 e. The summed E-state index contributed by atoms with van der Waals surface area (Å²) >= 11 is 0. The van der Waals surface area contributed by atoms with Crippen LogP contribution in [0.4, 0.5) is 0 Å². The average Bonchev–Trinajstić information content (AvgIpc) is 2.74. The zero-order chi connectivity index (χ0) is 13.8. The summed E-state index contributed by atoms with van der Waals surface area (Å²) in [5.74, 6) is 0. The van der Waals surface area contributed by atoms with Gasteiger partial charge >= 0.3 is 0 Å². The van der Waals surface area contributed by atoms with Crippen LogP contribution >= 0.6 is 0 Å². The highest BCUT2D eigenvalue weighted by molar-refractivity contribution is 7.89. The first kappa shape index (κ1) is 15.2. The summed E-state index contributed by atoms with van der Waals surface area (Å²) in [7, 11) is -3.44. The minimum Gasteiger partial charge on any atom is -0.363 e. The van der Waals surface area contributed by atoms with Crippen molar-refractivity contribution >= 4 is 10.0 Å². The monoisotopic (exact) mass is 273 g/mol. The van der Waals surface area contributed by atoms with Crippen LogP contribution in [0.5, 0.6) is 0 Å². The molecule has 1 heterocycles. The standard InChI is InChI=1S/C12H23N3O2S/c1-5-12(3,4)15-18(16,17)11-7-10(14-9-11)8-13-6-2/h7,9,13-15H,5-6,8H2,1-4H3. The molecule has 0 radical (unpaired) electrons. The predicted octanol–water partition coefficient (Wildman–Crippen LogP) is 1.59. The van der Waals surface area contributed by atoms with E-state index in [0.29, 0.717) is 6.54 Å². The molecule has 0 spiro atoms. The number of H-pyrrole nitrogens is 1. The van der Waals surface area contributed by atoms with Gasteiger partial charge < -0.3 is 10.3 Å². The Morgan fingerprint density at radius 3 is 2.56 bits per heavy atom. The predicted molar refractivity (Wildman–Crippen MR) is 72.9 cm³/mol. The van der Waals surface area contributed by atoms with E-state index >= 15 is 0 Å². The van der Waals surface area contributed by atoms with Crippen LogP contribution in [0.15, 0.2) is 17.2 Å². The van der Waals surface area contributed by atoms with Crippen molar-refractivity contribution < 1.29 is 8.42 Å². The third-order valence-corrected chi connectivity index (χ3v) is 4.56. The fraction of sp³-hybridized carbons (Fsp3) is 0.667. The number of hydrogen-bond donors (Lipinski definition) is 3. The van der Waals surface area contributed by atoms with Gasteiger partial charge in [0.05, 0.1) is 4.90 Å². The molecule has 0 unspecified atom stereocenters. The molecule has 5 nitrogen and oxygen atoms in total. The minimum atomic E-state index is -3.44. The molecule has 0 amide bonds. The summed E-state index contributed by atoms with van der Waals surface area (Å²) in [6, 6.07) is 1.66. The van der Waals surface area contributed by atoms with Crippen LogP contribution in [-0.4, -0.2) is 25.5 Å². The van der Waals surface area contributed by atoms with Gasteiger partial charge in [0, 0.05) is 24.0 Å². The van der Waals surface area contributed by atoms with Gasteiger partial charge in [-0.3, -0.25) is 0 Å². The molecule has 0 bridgehead atoms. The van der Waals surface area contributed by atoms with Gasteiger partial charge in [-0.1, -0.05) is 13.8 Å². The molecule has 6 heteroatoms. The van der Waals surface area contributed by atoms with Gasteiger partial charge in [-0.05, 0) is 32.9 Å². The Morgan fingerprint density at radius 2 is 2.00 bits per heavy atom. The van der Waals surface area contributed by atoms with Crippen LogP contribution in [0.25, 0.3) is 0 Å². The highest BCUT2D eigenvalue weighted by Crippen LogP contribution is 2.16. The lowest BCUT2D eigenvalue weighted by Crippen LogP contribution is -2.42. The molecule has 0 saturated heterocycles. The number of hydrogen-bond acceptors (Lipinski definition) is 3. The molecule has 0 saturated carbocycles.